The summed E-state index contributed by atoms with van der Waals surface area (Å²) in [4.78, 5) is 41.5. The lowest BCUT2D eigenvalue weighted by molar-refractivity contribution is -0.144. The number of Topliss-reactive ketones (excluding diaryl/α,β-unsaturated/α-hetero) is 1. The molecule has 5 nitrogen and oxygen atoms in total. The fraction of sp³-hybridized carbons (Fsp3) is 0.591. The second-order valence-corrected chi connectivity index (χ2v) is 8.04. The molecule has 0 spiro atoms. The average Bonchev–Trinajstić information content (AvgIpc) is 3.16. The summed E-state index contributed by atoms with van der Waals surface area (Å²) in [6.07, 6.45) is 4.05. The maximum Gasteiger partial charge on any atom is 0.245 e. The first kappa shape index (κ1) is 19.6. The summed E-state index contributed by atoms with van der Waals surface area (Å²) in [5.74, 6) is 0.674. The molecule has 0 saturated carbocycles. The van der Waals surface area contributed by atoms with Crippen LogP contribution in [0.5, 0.6) is 0 Å². The number of benzene rings is 1. The van der Waals surface area contributed by atoms with Crippen LogP contribution in [0.15, 0.2) is 24.3 Å². The van der Waals surface area contributed by atoms with E-state index in [0.717, 1.165) is 44.3 Å². The van der Waals surface area contributed by atoms with Gasteiger partial charge < -0.3 is 9.80 Å². The Morgan fingerprint density at radius 3 is 2.30 bits per heavy atom. The lowest BCUT2D eigenvalue weighted by Gasteiger charge is -2.34. The molecule has 0 aliphatic carbocycles. The highest BCUT2D eigenvalue weighted by Gasteiger charge is 2.37. The van der Waals surface area contributed by atoms with Gasteiger partial charge in [0.1, 0.15) is 6.04 Å². The Labute approximate surface area is 161 Å². The Kier molecular flexibility index (Phi) is 6.30. The van der Waals surface area contributed by atoms with E-state index in [1.165, 1.54) is 0 Å². The van der Waals surface area contributed by atoms with Crippen molar-refractivity contribution < 1.29 is 14.4 Å². The van der Waals surface area contributed by atoms with Crippen LogP contribution in [-0.2, 0) is 9.59 Å². The standard InChI is InChI=1S/C22H30N2O3/c1-16-5-7-18(8-6-16)20(25)9-10-21(26)24-13-3-4-19(24)22(27)23-14-11-17(2)12-15-23/h5-8,17,19H,3-4,9-15H2,1-2H3/t19-/m0/s1. The molecular weight excluding hydrogens is 340 g/mol. The molecule has 2 aliphatic rings. The third-order valence-corrected chi connectivity index (χ3v) is 5.89. The van der Waals surface area contributed by atoms with Gasteiger partial charge in [0, 0.05) is 38.0 Å². The maximum absolute atomic E-state index is 12.9. The minimum atomic E-state index is -0.333. The predicted octanol–water partition coefficient (Wildman–Crippen LogP) is 3.21. The summed E-state index contributed by atoms with van der Waals surface area (Å²) in [5, 5.41) is 0. The minimum Gasteiger partial charge on any atom is -0.341 e. The van der Waals surface area contributed by atoms with E-state index in [9.17, 15) is 14.4 Å². The number of carbonyl (C=O) groups excluding carboxylic acids is 3. The van der Waals surface area contributed by atoms with Gasteiger partial charge in [-0.3, -0.25) is 14.4 Å². The largest absolute Gasteiger partial charge is 0.341 e. The molecule has 2 amide bonds. The number of rotatable bonds is 5. The molecule has 1 atom stereocenters. The molecule has 27 heavy (non-hydrogen) atoms. The van der Waals surface area contributed by atoms with E-state index < -0.39 is 0 Å². The highest BCUT2D eigenvalue weighted by Crippen LogP contribution is 2.24. The van der Waals surface area contributed by atoms with Crippen LogP contribution in [0.2, 0.25) is 0 Å². The quantitative estimate of drug-likeness (QED) is 0.748. The van der Waals surface area contributed by atoms with E-state index >= 15 is 0 Å². The minimum absolute atomic E-state index is 0.0181. The average molecular weight is 370 g/mol. The third kappa shape index (κ3) is 4.76. The lowest BCUT2D eigenvalue weighted by atomic mass is 9.98. The van der Waals surface area contributed by atoms with Crippen molar-refractivity contribution in [3.63, 3.8) is 0 Å². The van der Waals surface area contributed by atoms with Gasteiger partial charge in [-0.2, -0.15) is 0 Å². The summed E-state index contributed by atoms with van der Waals surface area (Å²) in [5.41, 5.74) is 1.75. The van der Waals surface area contributed by atoms with E-state index in [4.69, 9.17) is 0 Å². The molecule has 146 valence electrons. The fourth-order valence-corrected chi connectivity index (χ4v) is 4.01. The number of carbonyl (C=O) groups is 3. The smallest absolute Gasteiger partial charge is 0.245 e. The number of hydrogen-bond donors (Lipinski definition) is 0. The first-order valence-electron chi connectivity index (χ1n) is 10.1. The topological polar surface area (TPSA) is 57.7 Å². The molecule has 3 rings (SSSR count). The van der Waals surface area contributed by atoms with Gasteiger partial charge in [-0.1, -0.05) is 36.8 Å². The number of nitrogens with zero attached hydrogens (tertiary/aromatic N) is 2. The maximum atomic E-state index is 12.9. The molecule has 0 bridgehead atoms. The zero-order valence-electron chi connectivity index (χ0n) is 16.4. The Bertz CT molecular complexity index is 690. The van der Waals surface area contributed by atoms with Gasteiger partial charge in [0.25, 0.3) is 0 Å². The second kappa shape index (κ2) is 8.68. The van der Waals surface area contributed by atoms with E-state index in [-0.39, 0.29) is 36.5 Å². The van der Waals surface area contributed by atoms with Gasteiger partial charge >= 0.3 is 0 Å². The summed E-state index contributed by atoms with van der Waals surface area (Å²) in [6.45, 7) is 6.41. The Balaban J connectivity index is 1.54. The molecule has 1 aromatic carbocycles. The molecule has 1 aromatic rings. The lowest BCUT2D eigenvalue weighted by Crippen LogP contribution is -2.49. The molecule has 2 saturated heterocycles. The molecule has 0 unspecified atom stereocenters. The van der Waals surface area contributed by atoms with Crippen molar-refractivity contribution in [2.24, 2.45) is 5.92 Å². The molecule has 2 aliphatic heterocycles. The van der Waals surface area contributed by atoms with Crippen LogP contribution in [0.25, 0.3) is 0 Å². The van der Waals surface area contributed by atoms with Crippen molar-refractivity contribution in [3.8, 4) is 0 Å². The Morgan fingerprint density at radius 2 is 1.63 bits per heavy atom. The van der Waals surface area contributed by atoms with Crippen molar-refractivity contribution in [1.29, 1.82) is 0 Å². The van der Waals surface area contributed by atoms with Crippen molar-refractivity contribution >= 4 is 17.6 Å². The molecule has 0 N–H and O–H groups in total. The second-order valence-electron chi connectivity index (χ2n) is 8.04. The summed E-state index contributed by atoms with van der Waals surface area (Å²) >= 11 is 0. The number of hydrogen-bond acceptors (Lipinski definition) is 3. The van der Waals surface area contributed by atoms with Crippen molar-refractivity contribution in [2.45, 2.75) is 58.4 Å². The van der Waals surface area contributed by atoms with E-state index in [1.807, 2.05) is 36.1 Å². The third-order valence-electron chi connectivity index (χ3n) is 5.89. The normalized spacial score (nSPS) is 20.7. The summed E-state index contributed by atoms with van der Waals surface area (Å²) < 4.78 is 0. The zero-order valence-corrected chi connectivity index (χ0v) is 16.4. The number of likely N-dealkylation sites (tertiary alicyclic amines) is 2. The zero-order chi connectivity index (χ0) is 19.4. The molecule has 2 heterocycles. The van der Waals surface area contributed by atoms with Gasteiger partial charge in [0.15, 0.2) is 5.78 Å². The van der Waals surface area contributed by atoms with Crippen LogP contribution >= 0.6 is 0 Å². The molecule has 0 aromatic heterocycles. The van der Waals surface area contributed by atoms with Gasteiger partial charge in [-0.05, 0) is 38.5 Å². The highest BCUT2D eigenvalue weighted by molar-refractivity contribution is 5.98. The number of piperidine rings is 1. The van der Waals surface area contributed by atoms with Gasteiger partial charge in [-0.15, -0.1) is 0 Å². The van der Waals surface area contributed by atoms with Crippen LogP contribution in [-0.4, -0.2) is 53.1 Å². The van der Waals surface area contributed by atoms with Crippen molar-refractivity contribution in [2.75, 3.05) is 19.6 Å². The highest BCUT2D eigenvalue weighted by atomic mass is 16.2. The van der Waals surface area contributed by atoms with Gasteiger partial charge in [0.05, 0.1) is 0 Å². The summed E-state index contributed by atoms with van der Waals surface area (Å²) in [7, 11) is 0. The van der Waals surface area contributed by atoms with E-state index in [1.54, 1.807) is 4.90 Å². The summed E-state index contributed by atoms with van der Waals surface area (Å²) in [6, 6.07) is 7.09. The van der Waals surface area contributed by atoms with Crippen LogP contribution in [0, 0.1) is 12.8 Å². The Hall–Kier alpha value is -2.17. The van der Waals surface area contributed by atoms with Crippen LogP contribution in [0.4, 0.5) is 0 Å². The monoisotopic (exact) mass is 370 g/mol. The van der Waals surface area contributed by atoms with Crippen LogP contribution < -0.4 is 0 Å². The Morgan fingerprint density at radius 1 is 0.963 bits per heavy atom. The predicted molar refractivity (Wildman–Crippen MR) is 104 cm³/mol. The van der Waals surface area contributed by atoms with E-state index in [0.29, 0.717) is 18.0 Å². The molecule has 5 heteroatoms. The molecule has 0 radical (unpaired) electrons. The number of ketones is 1. The first-order valence-corrected chi connectivity index (χ1v) is 10.1. The van der Waals surface area contributed by atoms with Crippen molar-refractivity contribution in [1.82, 2.24) is 9.80 Å². The van der Waals surface area contributed by atoms with E-state index in [2.05, 4.69) is 6.92 Å². The van der Waals surface area contributed by atoms with Crippen LogP contribution in [0.3, 0.4) is 0 Å². The molecular formula is C22H30N2O3. The number of aryl methyl sites for hydroxylation is 1. The van der Waals surface area contributed by atoms with Crippen molar-refractivity contribution in [3.05, 3.63) is 35.4 Å². The first-order chi connectivity index (χ1) is 13.0. The number of amides is 2. The van der Waals surface area contributed by atoms with Gasteiger partial charge in [0.2, 0.25) is 11.8 Å². The molecule has 2 fully saturated rings. The van der Waals surface area contributed by atoms with Gasteiger partial charge in [-0.25, -0.2) is 0 Å². The van der Waals surface area contributed by atoms with Crippen LogP contribution in [0.1, 0.15) is 61.4 Å². The SMILES string of the molecule is Cc1ccc(C(=O)CCC(=O)N2CCC[C@H]2C(=O)N2CCC(C)CC2)cc1. The fourth-order valence-electron chi connectivity index (χ4n) is 4.01.